The van der Waals surface area contributed by atoms with Gasteiger partial charge in [0, 0.05) is 16.1 Å². The molecule has 7 nitrogen and oxygen atoms in total. The smallest absolute Gasteiger partial charge is 0.245 e. The highest BCUT2D eigenvalue weighted by molar-refractivity contribution is 6.35. The van der Waals surface area contributed by atoms with Crippen molar-refractivity contribution in [1.82, 2.24) is 0 Å². The molecule has 0 radical (unpaired) electrons. The van der Waals surface area contributed by atoms with Gasteiger partial charge in [0.05, 0.1) is 41.7 Å². The first-order valence-electron chi connectivity index (χ1n) is 8.50. The topological polar surface area (TPSA) is 127 Å². The number of ether oxygens (including phenoxy) is 2. The lowest BCUT2D eigenvalue weighted by Gasteiger charge is -2.48. The second kappa shape index (κ2) is 6.24. The summed E-state index contributed by atoms with van der Waals surface area (Å²) in [7, 11) is 0. The number of furan rings is 1. The Hall–Kier alpha value is -3.02. The lowest BCUT2D eigenvalue weighted by Crippen LogP contribution is -2.57. The molecule has 2 aromatic rings. The Morgan fingerprint density at radius 2 is 1.83 bits per heavy atom. The highest BCUT2D eigenvalue weighted by Crippen LogP contribution is 2.69. The summed E-state index contributed by atoms with van der Waals surface area (Å²) in [5.41, 5.74) is -3.25. The minimum absolute atomic E-state index is 0.207. The van der Waals surface area contributed by atoms with Crippen LogP contribution in [0.25, 0.3) is 0 Å². The van der Waals surface area contributed by atoms with E-state index >= 15 is 0 Å². The van der Waals surface area contributed by atoms with Gasteiger partial charge in [0.15, 0.2) is 5.41 Å². The van der Waals surface area contributed by atoms with Crippen molar-refractivity contribution in [3.05, 3.63) is 58.0 Å². The van der Waals surface area contributed by atoms with E-state index in [1.54, 1.807) is 19.1 Å². The highest BCUT2D eigenvalue weighted by atomic mass is 35.5. The fraction of sp³-hybridized carbons (Fsp3) is 0.300. The number of nitrogens with one attached hydrogen (secondary N) is 1. The van der Waals surface area contributed by atoms with Gasteiger partial charge in [-0.15, -0.1) is 0 Å². The van der Waals surface area contributed by atoms with Crippen LogP contribution in [-0.2, 0) is 15.3 Å². The summed E-state index contributed by atoms with van der Waals surface area (Å²) >= 11 is 12.4. The van der Waals surface area contributed by atoms with Gasteiger partial charge in [-0.25, -0.2) is 0 Å². The lowest BCUT2D eigenvalue weighted by atomic mass is 9.53. The number of benzene rings is 1. The van der Waals surface area contributed by atoms with Gasteiger partial charge in [0.25, 0.3) is 0 Å². The molecule has 0 saturated carbocycles. The monoisotopic (exact) mass is 426 g/mol. The van der Waals surface area contributed by atoms with Crippen LogP contribution in [0.2, 0.25) is 10.0 Å². The van der Waals surface area contributed by atoms with E-state index in [0.29, 0.717) is 16.1 Å². The maximum atomic E-state index is 10.2. The van der Waals surface area contributed by atoms with Gasteiger partial charge in [0.1, 0.15) is 6.10 Å². The van der Waals surface area contributed by atoms with E-state index in [2.05, 4.69) is 0 Å². The molecule has 4 atom stereocenters. The van der Waals surface area contributed by atoms with Gasteiger partial charge in [-0.1, -0.05) is 30.1 Å². The van der Waals surface area contributed by atoms with E-state index in [1.807, 2.05) is 18.2 Å². The first kappa shape index (κ1) is 19.3. The summed E-state index contributed by atoms with van der Waals surface area (Å²) < 4.78 is 17.2. The molecule has 4 rings (SSSR count). The Labute approximate surface area is 176 Å². The van der Waals surface area contributed by atoms with Crippen LogP contribution in [-0.4, -0.2) is 5.90 Å². The molecule has 4 unspecified atom stereocenters. The van der Waals surface area contributed by atoms with Crippen LogP contribution < -0.4 is 0 Å². The molecule has 2 fully saturated rings. The van der Waals surface area contributed by atoms with Gasteiger partial charge < -0.3 is 13.9 Å². The minimum atomic E-state index is -2.05. The summed E-state index contributed by atoms with van der Waals surface area (Å²) in [6, 6.07) is 12.1. The SMILES string of the molecule is CC1C2(c3ccc(Cl)cc3Cl)OC(=N)C1(C#N)C(C#N)(C#N)C(c1ccoc1)O2. The van der Waals surface area contributed by atoms with Gasteiger partial charge in [0.2, 0.25) is 17.1 Å². The van der Waals surface area contributed by atoms with Crippen LogP contribution in [0.1, 0.15) is 24.2 Å². The van der Waals surface area contributed by atoms with Gasteiger partial charge in [-0.3, -0.25) is 5.41 Å². The normalized spacial score (nSPS) is 31.9. The van der Waals surface area contributed by atoms with Gasteiger partial charge in [-0.2, -0.15) is 15.8 Å². The predicted octanol–water partition coefficient (Wildman–Crippen LogP) is 4.70. The minimum Gasteiger partial charge on any atom is -0.472 e. The number of rotatable bonds is 2. The van der Waals surface area contributed by atoms with E-state index in [4.69, 9.17) is 42.5 Å². The third kappa shape index (κ3) is 2.11. The third-order valence-corrected chi connectivity index (χ3v) is 6.37. The number of nitriles is 3. The Morgan fingerprint density at radius 3 is 2.38 bits per heavy atom. The van der Waals surface area contributed by atoms with Gasteiger partial charge >= 0.3 is 0 Å². The van der Waals surface area contributed by atoms with Crippen molar-refractivity contribution in [3.8, 4) is 18.2 Å². The van der Waals surface area contributed by atoms with Crippen LogP contribution in [0.4, 0.5) is 0 Å². The Bertz CT molecular complexity index is 1130. The molecule has 0 amide bonds. The quantitative estimate of drug-likeness (QED) is 0.740. The molecule has 144 valence electrons. The Balaban J connectivity index is 2.06. The third-order valence-electron chi connectivity index (χ3n) is 5.82. The molecule has 2 aliphatic rings. The molecule has 9 heteroatoms. The highest BCUT2D eigenvalue weighted by Gasteiger charge is 2.80. The largest absolute Gasteiger partial charge is 0.472 e. The molecule has 2 saturated heterocycles. The predicted molar refractivity (Wildman–Crippen MR) is 100 cm³/mol. The number of halogens is 2. The molecule has 1 aromatic heterocycles. The molecule has 0 spiro atoms. The van der Waals surface area contributed by atoms with Crippen molar-refractivity contribution < 1.29 is 13.9 Å². The molecule has 2 bridgehead atoms. The van der Waals surface area contributed by atoms with E-state index in [-0.39, 0.29) is 5.02 Å². The average Bonchev–Trinajstić information content (AvgIpc) is 3.28. The molecule has 0 aliphatic carbocycles. The second-order valence-corrected chi connectivity index (χ2v) is 7.79. The molecular weight excluding hydrogens is 415 g/mol. The van der Waals surface area contributed by atoms with E-state index in [1.165, 1.54) is 24.7 Å². The fourth-order valence-corrected chi connectivity index (χ4v) is 4.88. The number of hydrogen-bond acceptors (Lipinski definition) is 7. The number of nitrogens with zero attached hydrogens (tertiary/aromatic N) is 3. The van der Waals surface area contributed by atoms with Crippen LogP contribution in [0.5, 0.6) is 0 Å². The van der Waals surface area contributed by atoms with Gasteiger partial charge in [-0.05, 0) is 24.3 Å². The maximum absolute atomic E-state index is 10.2. The van der Waals surface area contributed by atoms with Crippen LogP contribution in [0, 0.1) is 56.2 Å². The van der Waals surface area contributed by atoms with Crippen molar-refractivity contribution in [2.75, 3.05) is 0 Å². The lowest BCUT2D eigenvalue weighted by molar-refractivity contribution is -0.288. The molecule has 1 N–H and O–H groups in total. The Morgan fingerprint density at radius 1 is 1.10 bits per heavy atom. The van der Waals surface area contributed by atoms with Crippen molar-refractivity contribution in [1.29, 1.82) is 21.2 Å². The second-order valence-electron chi connectivity index (χ2n) is 6.95. The summed E-state index contributed by atoms with van der Waals surface area (Å²) in [6.45, 7) is 1.60. The standard InChI is InChI=1S/C20H12Cl2N4O3/c1-11-19(10-25)17(26)29-20(11,14-3-2-13(21)6-15(14)22)28-16(12-4-5-27-7-12)18(19,8-23)9-24/h2-7,11,16,26H,1H3. The van der Waals surface area contributed by atoms with E-state index in [0.717, 1.165) is 0 Å². The molecule has 29 heavy (non-hydrogen) atoms. The number of fused-ring (bicyclic) bond motifs is 2. The zero-order valence-corrected chi connectivity index (χ0v) is 16.5. The first-order chi connectivity index (χ1) is 13.8. The van der Waals surface area contributed by atoms with E-state index < -0.39 is 34.5 Å². The average molecular weight is 427 g/mol. The van der Waals surface area contributed by atoms with Crippen LogP contribution in [0.3, 0.4) is 0 Å². The summed E-state index contributed by atoms with van der Waals surface area (Å²) in [5, 5.41) is 39.4. The van der Waals surface area contributed by atoms with Crippen LogP contribution in [0.15, 0.2) is 41.2 Å². The van der Waals surface area contributed by atoms with E-state index in [9.17, 15) is 15.8 Å². The summed E-state index contributed by atoms with van der Waals surface area (Å²) in [4.78, 5) is 0. The molecule has 3 heterocycles. The fourth-order valence-electron chi connectivity index (χ4n) is 4.34. The van der Waals surface area contributed by atoms with Crippen molar-refractivity contribution in [3.63, 3.8) is 0 Å². The van der Waals surface area contributed by atoms with Crippen LogP contribution >= 0.6 is 23.2 Å². The Kier molecular flexibility index (Phi) is 4.15. The number of hydrogen-bond donors (Lipinski definition) is 1. The first-order valence-corrected chi connectivity index (χ1v) is 9.25. The summed E-state index contributed by atoms with van der Waals surface area (Å²) in [5.74, 6) is -3.10. The maximum Gasteiger partial charge on any atom is 0.245 e. The van der Waals surface area contributed by atoms with Crippen molar-refractivity contribution in [2.45, 2.75) is 18.8 Å². The summed E-state index contributed by atoms with van der Waals surface area (Å²) in [6.07, 6.45) is 1.46. The zero-order valence-electron chi connectivity index (χ0n) is 14.9. The molecule has 2 aliphatic heterocycles. The van der Waals surface area contributed by atoms with Crippen molar-refractivity contribution >= 4 is 29.1 Å². The van der Waals surface area contributed by atoms with Crippen molar-refractivity contribution in [2.24, 2.45) is 16.7 Å². The molecule has 1 aromatic carbocycles. The zero-order chi connectivity index (χ0) is 21.0. The molecular formula is C20H12Cl2N4O3.